The first-order chi connectivity index (χ1) is 9.74. The maximum absolute atomic E-state index is 11.7. The van der Waals surface area contributed by atoms with Crippen LogP contribution < -0.4 is 16.0 Å². The molecule has 1 saturated heterocycles. The molecule has 122 valence electrons. The Morgan fingerprint density at radius 1 is 1.14 bits per heavy atom. The van der Waals surface area contributed by atoms with E-state index in [2.05, 4.69) is 16.0 Å². The lowest BCUT2D eigenvalue weighted by atomic mass is 9.95. The van der Waals surface area contributed by atoms with Crippen LogP contribution >= 0.6 is 12.4 Å². The second-order valence-electron chi connectivity index (χ2n) is 5.61. The minimum absolute atomic E-state index is 0. The molecule has 21 heavy (non-hydrogen) atoms. The predicted octanol–water partition coefficient (Wildman–Crippen LogP) is 0.352. The van der Waals surface area contributed by atoms with Crippen LogP contribution in [0.3, 0.4) is 0 Å². The molecular formula is C14H26ClN3O3. The topological polar surface area (TPSA) is 79.5 Å². The van der Waals surface area contributed by atoms with Crippen LogP contribution in [0.4, 0.5) is 0 Å². The van der Waals surface area contributed by atoms with E-state index in [0.717, 1.165) is 19.4 Å². The number of ether oxygens (including phenoxy) is 1. The van der Waals surface area contributed by atoms with Crippen LogP contribution in [0.2, 0.25) is 0 Å². The molecule has 2 amide bonds. The zero-order valence-electron chi connectivity index (χ0n) is 12.4. The van der Waals surface area contributed by atoms with Crippen molar-refractivity contribution in [3.8, 4) is 0 Å². The van der Waals surface area contributed by atoms with E-state index in [9.17, 15) is 9.59 Å². The highest BCUT2D eigenvalue weighted by atomic mass is 35.5. The zero-order valence-corrected chi connectivity index (χ0v) is 13.2. The molecule has 2 fully saturated rings. The highest BCUT2D eigenvalue weighted by Gasteiger charge is 2.18. The summed E-state index contributed by atoms with van der Waals surface area (Å²) in [6, 6.07) is 0.353. The summed E-state index contributed by atoms with van der Waals surface area (Å²) in [4.78, 5) is 23.5. The summed E-state index contributed by atoms with van der Waals surface area (Å²) in [6.45, 7) is 2.10. The Hall–Kier alpha value is -0.850. The molecule has 0 bridgehead atoms. The third-order valence-corrected chi connectivity index (χ3v) is 3.85. The molecule has 7 heteroatoms. The fourth-order valence-electron chi connectivity index (χ4n) is 2.75. The van der Waals surface area contributed by atoms with E-state index in [0.29, 0.717) is 25.7 Å². The van der Waals surface area contributed by atoms with Crippen LogP contribution in [-0.2, 0) is 14.3 Å². The second kappa shape index (κ2) is 9.97. The molecule has 2 rings (SSSR count). The fraction of sp³-hybridized carbons (Fsp3) is 0.857. The van der Waals surface area contributed by atoms with Gasteiger partial charge in [0.25, 0.3) is 0 Å². The van der Waals surface area contributed by atoms with E-state index in [1.165, 1.54) is 19.3 Å². The summed E-state index contributed by atoms with van der Waals surface area (Å²) in [5.74, 6) is -0.190. The number of carbonyl (C=O) groups is 2. The number of rotatable bonds is 5. The van der Waals surface area contributed by atoms with Gasteiger partial charge in [-0.2, -0.15) is 0 Å². The molecular weight excluding hydrogens is 294 g/mol. The number of morpholine rings is 1. The van der Waals surface area contributed by atoms with Crippen LogP contribution in [0.5, 0.6) is 0 Å². The van der Waals surface area contributed by atoms with E-state index in [1.807, 2.05) is 0 Å². The highest BCUT2D eigenvalue weighted by molar-refractivity contribution is 5.85. The smallest absolute Gasteiger partial charge is 0.239 e. The van der Waals surface area contributed by atoms with Crippen molar-refractivity contribution in [2.75, 3.05) is 26.3 Å². The number of hydrogen-bond donors (Lipinski definition) is 3. The quantitative estimate of drug-likeness (QED) is 0.683. The third kappa shape index (κ3) is 7.11. The van der Waals surface area contributed by atoms with Gasteiger partial charge < -0.3 is 20.7 Å². The predicted molar refractivity (Wildman–Crippen MR) is 82.5 cm³/mol. The van der Waals surface area contributed by atoms with Gasteiger partial charge in [-0.25, -0.2) is 0 Å². The van der Waals surface area contributed by atoms with Gasteiger partial charge >= 0.3 is 0 Å². The summed E-state index contributed by atoms with van der Waals surface area (Å²) in [7, 11) is 0. The van der Waals surface area contributed by atoms with Crippen molar-refractivity contribution in [1.29, 1.82) is 0 Å². The first-order valence-electron chi connectivity index (χ1n) is 7.61. The Morgan fingerprint density at radius 2 is 1.90 bits per heavy atom. The molecule has 1 aliphatic carbocycles. The zero-order chi connectivity index (χ0) is 14.2. The van der Waals surface area contributed by atoms with E-state index >= 15 is 0 Å². The van der Waals surface area contributed by atoms with Crippen LogP contribution in [0.15, 0.2) is 0 Å². The van der Waals surface area contributed by atoms with Gasteiger partial charge in [-0.05, 0) is 12.8 Å². The van der Waals surface area contributed by atoms with Gasteiger partial charge in [0.2, 0.25) is 11.8 Å². The number of halogens is 1. The van der Waals surface area contributed by atoms with Crippen molar-refractivity contribution in [2.24, 2.45) is 0 Å². The first-order valence-corrected chi connectivity index (χ1v) is 7.61. The lowest BCUT2D eigenvalue weighted by Crippen LogP contribution is -2.46. The van der Waals surface area contributed by atoms with Gasteiger partial charge in [-0.15, -0.1) is 12.4 Å². The average molecular weight is 320 g/mol. The molecule has 0 spiro atoms. The van der Waals surface area contributed by atoms with Gasteiger partial charge in [0.1, 0.15) is 0 Å². The fourth-order valence-corrected chi connectivity index (χ4v) is 2.75. The van der Waals surface area contributed by atoms with E-state index < -0.39 is 0 Å². The summed E-state index contributed by atoms with van der Waals surface area (Å²) >= 11 is 0. The average Bonchev–Trinajstić information content (AvgIpc) is 2.47. The van der Waals surface area contributed by atoms with Crippen molar-refractivity contribution in [3.05, 3.63) is 0 Å². The maximum atomic E-state index is 11.7. The lowest BCUT2D eigenvalue weighted by molar-refractivity contribution is -0.127. The SMILES string of the molecule is Cl.O=C(CC1COCCN1)NCC(=O)NC1CCCCC1. The van der Waals surface area contributed by atoms with Gasteiger partial charge in [0.15, 0.2) is 0 Å². The number of carbonyl (C=O) groups excluding carboxylic acids is 2. The summed E-state index contributed by atoms with van der Waals surface area (Å²) in [5, 5.41) is 8.87. The van der Waals surface area contributed by atoms with Crippen LogP contribution in [0.1, 0.15) is 38.5 Å². The molecule has 3 N–H and O–H groups in total. The molecule has 0 radical (unpaired) electrons. The van der Waals surface area contributed by atoms with Crippen LogP contribution in [0.25, 0.3) is 0 Å². The van der Waals surface area contributed by atoms with Crippen LogP contribution in [0, 0.1) is 0 Å². The molecule has 2 aliphatic rings. The van der Waals surface area contributed by atoms with Crippen molar-refractivity contribution in [2.45, 2.75) is 50.6 Å². The first kappa shape index (κ1) is 18.2. The Kier molecular flexibility index (Phi) is 8.64. The number of nitrogens with one attached hydrogen (secondary N) is 3. The Balaban J connectivity index is 0.00000220. The van der Waals surface area contributed by atoms with Gasteiger partial charge in [-0.3, -0.25) is 9.59 Å². The second-order valence-corrected chi connectivity index (χ2v) is 5.61. The molecule has 0 aromatic rings. The normalized spacial score (nSPS) is 23.0. The van der Waals surface area contributed by atoms with Crippen LogP contribution in [-0.4, -0.2) is 50.2 Å². The van der Waals surface area contributed by atoms with E-state index in [4.69, 9.17) is 4.74 Å². The molecule has 0 aromatic carbocycles. The Bertz CT molecular complexity index is 297. The van der Waals surface area contributed by atoms with Gasteiger partial charge in [-0.1, -0.05) is 19.3 Å². The van der Waals surface area contributed by atoms with E-state index in [-0.39, 0.29) is 36.8 Å². The van der Waals surface area contributed by atoms with Crippen molar-refractivity contribution in [3.63, 3.8) is 0 Å². The molecule has 1 saturated carbocycles. The minimum atomic E-state index is -0.105. The van der Waals surface area contributed by atoms with Crippen molar-refractivity contribution in [1.82, 2.24) is 16.0 Å². The summed E-state index contributed by atoms with van der Waals surface area (Å²) in [6.07, 6.45) is 6.11. The molecule has 1 aliphatic heterocycles. The molecule has 0 aromatic heterocycles. The summed E-state index contributed by atoms with van der Waals surface area (Å²) in [5.41, 5.74) is 0. The van der Waals surface area contributed by atoms with Crippen molar-refractivity contribution >= 4 is 24.2 Å². The van der Waals surface area contributed by atoms with Gasteiger partial charge in [0, 0.05) is 25.0 Å². The number of amides is 2. The molecule has 6 nitrogen and oxygen atoms in total. The highest BCUT2D eigenvalue weighted by Crippen LogP contribution is 2.17. The minimum Gasteiger partial charge on any atom is -0.378 e. The summed E-state index contributed by atoms with van der Waals surface area (Å²) < 4.78 is 5.29. The van der Waals surface area contributed by atoms with E-state index in [1.54, 1.807) is 0 Å². The maximum Gasteiger partial charge on any atom is 0.239 e. The Labute approximate surface area is 132 Å². The largest absolute Gasteiger partial charge is 0.378 e. The Morgan fingerprint density at radius 3 is 2.57 bits per heavy atom. The standard InChI is InChI=1S/C14H25N3O3.ClH/c18-13(8-12-10-20-7-6-15-12)16-9-14(19)17-11-4-2-1-3-5-11;/h11-12,15H,1-10H2,(H,16,18)(H,17,19);1H. The molecule has 1 atom stereocenters. The monoisotopic (exact) mass is 319 g/mol. The van der Waals surface area contributed by atoms with Gasteiger partial charge in [0.05, 0.1) is 19.8 Å². The third-order valence-electron chi connectivity index (χ3n) is 3.85. The lowest BCUT2D eigenvalue weighted by Gasteiger charge is -2.24. The van der Waals surface area contributed by atoms with Crippen molar-refractivity contribution < 1.29 is 14.3 Å². The molecule has 1 heterocycles. The number of hydrogen-bond acceptors (Lipinski definition) is 4. The molecule has 1 unspecified atom stereocenters.